The molecule has 0 fully saturated rings. The molecule has 5 nitrogen and oxygen atoms in total. The maximum Gasteiger partial charge on any atom is 0.338 e. The maximum absolute atomic E-state index is 12.6. The second-order valence-corrected chi connectivity index (χ2v) is 6.94. The van der Waals surface area contributed by atoms with Crippen LogP contribution in [0.4, 0.5) is 4.79 Å². The summed E-state index contributed by atoms with van der Waals surface area (Å²) in [5.74, 6) is -0.424. The number of carbonyl (C=O) groups is 2. The molecular formula is C17H21BrN2O3. The predicted molar refractivity (Wildman–Crippen MR) is 91.6 cm³/mol. The molecule has 1 aliphatic heterocycles. The zero-order chi connectivity index (χ0) is 17.1. The zero-order valence-electron chi connectivity index (χ0n) is 13.6. The number of ether oxygens (including phenoxy) is 1. The highest BCUT2D eigenvalue weighted by molar-refractivity contribution is 9.10. The van der Waals surface area contributed by atoms with Crippen molar-refractivity contribution < 1.29 is 14.3 Å². The van der Waals surface area contributed by atoms with Crippen molar-refractivity contribution >= 4 is 27.9 Å². The van der Waals surface area contributed by atoms with Crippen molar-refractivity contribution in [2.24, 2.45) is 5.92 Å². The third-order valence-electron chi connectivity index (χ3n) is 3.42. The first-order valence-corrected chi connectivity index (χ1v) is 8.37. The van der Waals surface area contributed by atoms with E-state index in [1.165, 1.54) is 0 Å². The van der Waals surface area contributed by atoms with Crippen molar-refractivity contribution in [3.8, 4) is 0 Å². The van der Waals surface area contributed by atoms with Gasteiger partial charge in [0.15, 0.2) is 0 Å². The van der Waals surface area contributed by atoms with Crippen molar-refractivity contribution in [3.63, 3.8) is 0 Å². The van der Waals surface area contributed by atoms with E-state index in [4.69, 9.17) is 4.74 Å². The number of allylic oxidation sites excluding steroid dienone is 1. The summed E-state index contributed by atoms with van der Waals surface area (Å²) in [5.41, 5.74) is 1.87. The molecule has 0 bridgehead atoms. The topological polar surface area (TPSA) is 67.4 Å². The minimum atomic E-state index is -0.537. The minimum absolute atomic E-state index is 0.00887. The van der Waals surface area contributed by atoms with Crippen LogP contribution in [-0.2, 0) is 9.53 Å². The summed E-state index contributed by atoms with van der Waals surface area (Å²) >= 11 is 3.42. The lowest BCUT2D eigenvalue weighted by atomic mass is 9.91. The van der Waals surface area contributed by atoms with Gasteiger partial charge >= 0.3 is 12.0 Å². The molecular weight excluding hydrogens is 360 g/mol. The van der Waals surface area contributed by atoms with E-state index in [0.717, 1.165) is 10.0 Å². The summed E-state index contributed by atoms with van der Waals surface area (Å²) < 4.78 is 6.27. The van der Waals surface area contributed by atoms with E-state index in [1.807, 2.05) is 38.1 Å². The van der Waals surface area contributed by atoms with Crippen molar-refractivity contribution in [3.05, 3.63) is 45.6 Å². The van der Waals surface area contributed by atoms with E-state index in [2.05, 4.69) is 26.6 Å². The summed E-state index contributed by atoms with van der Waals surface area (Å²) in [7, 11) is 0. The van der Waals surface area contributed by atoms with E-state index >= 15 is 0 Å². The Kier molecular flexibility index (Phi) is 5.46. The molecule has 1 aromatic carbocycles. The third-order valence-corrected chi connectivity index (χ3v) is 3.92. The normalized spacial score (nSPS) is 18.0. The van der Waals surface area contributed by atoms with Gasteiger partial charge in [0.2, 0.25) is 0 Å². The molecule has 1 aromatic rings. The Morgan fingerprint density at radius 1 is 1.26 bits per heavy atom. The lowest BCUT2D eigenvalue weighted by Gasteiger charge is -2.31. The summed E-state index contributed by atoms with van der Waals surface area (Å²) in [6, 6.07) is 6.67. The SMILES string of the molecule is CC(C)OC(=O)C1=C(C(C)C)NC(=O)NC1c1cccc(Br)c1. The van der Waals surface area contributed by atoms with E-state index in [-0.39, 0.29) is 18.1 Å². The van der Waals surface area contributed by atoms with Crippen LogP contribution in [0, 0.1) is 5.92 Å². The fraction of sp³-hybridized carbons (Fsp3) is 0.412. The average Bonchev–Trinajstić information content (AvgIpc) is 2.45. The first-order chi connectivity index (χ1) is 10.8. The molecule has 6 heteroatoms. The number of carbonyl (C=O) groups excluding carboxylic acids is 2. The van der Waals surface area contributed by atoms with Gasteiger partial charge in [0.05, 0.1) is 17.7 Å². The highest BCUT2D eigenvalue weighted by Crippen LogP contribution is 2.31. The molecule has 23 heavy (non-hydrogen) atoms. The van der Waals surface area contributed by atoms with Crippen LogP contribution < -0.4 is 10.6 Å². The lowest BCUT2D eigenvalue weighted by molar-refractivity contribution is -0.143. The van der Waals surface area contributed by atoms with Crippen LogP contribution in [-0.4, -0.2) is 18.1 Å². The van der Waals surface area contributed by atoms with Gasteiger partial charge in [-0.25, -0.2) is 9.59 Å². The van der Waals surface area contributed by atoms with Crippen LogP contribution in [0.2, 0.25) is 0 Å². The number of hydrogen-bond acceptors (Lipinski definition) is 3. The molecule has 2 amide bonds. The van der Waals surface area contributed by atoms with Crippen molar-refractivity contribution in [1.29, 1.82) is 0 Å². The zero-order valence-corrected chi connectivity index (χ0v) is 15.2. The Balaban J connectivity index is 2.54. The molecule has 124 valence electrons. The van der Waals surface area contributed by atoms with Gasteiger partial charge in [-0.15, -0.1) is 0 Å². The number of esters is 1. The Morgan fingerprint density at radius 3 is 2.52 bits per heavy atom. The summed E-state index contributed by atoms with van der Waals surface area (Å²) in [6.07, 6.45) is -0.232. The molecule has 0 spiro atoms. The number of rotatable bonds is 4. The highest BCUT2D eigenvalue weighted by atomic mass is 79.9. The number of hydrogen-bond donors (Lipinski definition) is 2. The van der Waals surface area contributed by atoms with Crippen LogP contribution in [0.5, 0.6) is 0 Å². The first kappa shape index (κ1) is 17.5. The predicted octanol–water partition coefficient (Wildman–Crippen LogP) is 3.66. The minimum Gasteiger partial charge on any atom is -0.459 e. The van der Waals surface area contributed by atoms with Gasteiger partial charge in [-0.1, -0.05) is 41.9 Å². The molecule has 1 aliphatic rings. The summed E-state index contributed by atoms with van der Waals surface area (Å²) in [4.78, 5) is 24.6. The number of benzene rings is 1. The van der Waals surface area contributed by atoms with E-state index in [0.29, 0.717) is 11.3 Å². The van der Waals surface area contributed by atoms with Gasteiger partial charge in [-0.2, -0.15) is 0 Å². The molecule has 2 rings (SSSR count). The second-order valence-electron chi connectivity index (χ2n) is 6.02. The smallest absolute Gasteiger partial charge is 0.338 e. The molecule has 1 atom stereocenters. The number of halogens is 1. The highest BCUT2D eigenvalue weighted by Gasteiger charge is 2.35. The monoisotopic (exact) mass is 380 g/mol. The molecule has 2 N–H and O–H groups in total. The van der Waals surface area contributed by atoms with Crippen molar-refractivity contribution in [1.82, 2.24) is 10.6 Å². The molecule has 0 aliphatic carbocycles. The average molecular weight is 381 g/mol. The van der Waals surface area contributed by atoms with Gasteiger partial charge in [0.1, 0.15) is 0 Å². The summed E-state index contributed by atoms with van der Waals surface area (Å²) in [5, 5.41) is 5.57. The second kappa shape index (κ2) is 7.17. The van der Waals surface area contributed by atoms with Gasteiger partial charge in [0.25, 0.3) is 0 Å². The number of amides is 2. The van der Waals surface area contributed by atoms with Gasteiger partial charge in [-0.05, 0) is 37.5 Å². The molecule has 0 radical (unpaired) electrons. The fourth-order valence-electron chi connectivity index (χ4n) is 2.48. The Hall–Kier alpha value is -1.82. The lowest BCUT2D eigenvalue weighted by Crippen LogP contribution is -2.47. The Morgan fingerprint density at radius 2 is 1.96 bits per heavy atom. The molecule has 0 saturated carbocycles. The Bertz CT molecular complexity index is 653. The molecule has 0 saturated heterocycles. The van der Waals surface area contributed by atoms with Crippen LogP contribution >= 0.6 is 15.9 Å². The number of urea groups is 1. The van der Waals surface area contributed by atoms with Crippen molar-refractivity contribution in [2.45, 2.75) is 39.8 Å². The summed E-state index contributed by atoms with van der Waals surface area (Å²) in [6.45, 7) is 7.47. The fourth-order valence-corrected chi connectivity index (χ4v) is 2.90. The molecule has 1 heterocycles. The van der Waals surface area contributed by atoms with Crippen LogP contribution in [0.3, 0.4) is 0 Å². The number of nitrogens with one attached hydrogen (secondary N) is 2. The third kappa shape index (κ3) is 4.13. The standard InChI is InChI=1S/C17H21BrN2O3/c1-9(2)14-13(16(21)23-10(3)4)15(20-17(22)19-14)11-6-5-7-12(18)8-11/h5-10,15H,1-4H3,(H2,19,20,22). The van der Waals surface area contributed by atoms with Crippen LogP contribution in [0.15, 0.2) is 40.0 Å². The Labute approximate surface area is 144 Å². The largest absolute Gasteiger partial charge is 0.459 e. The molecule has 1 unspecified atom stereocenters. The van der Waals surface area contributed by atoms with Gasteiger partial charge < -0.3 is 15.4 Å². The quantitative estimate of drug-likeness (QED) is 0.783. The van der Waals surface area contributed by atoms with E-state index in [1.54, 1.807) is 13.8 Å². The maximum atomic E-state index is 12.6. The van der Waals surface area contributed by atoms with Crippen LogP contribution in [0.25, 0.3) is 0 Å². The van der Waals surface area contributed by atoms with E-state index < -0.39 is 12.0 Å². The van der Waals surface area contributed by atoms with Crippen LogP contribution in [0.1, 0.15) is 39.3 Å². The van der Waals surface area contributed by atoms with E-state index in [9.17, 15) is 9.59 Å². The van der Waals surface area contributed by atoms with Gasteiger partial charge in [0, 0.05) is 10.2 Å². The van der Waals surface area contributed by atoms with Gasteiger partial charge in [-0.3, -0.25) is 0 Å². The molecule has 0 aromatic heterocycles. The first-order valence-electron chi connectivity index (χ1n) is 7.57. The van der Waals surface area contributed by atoms with Crippen molar-refractivity contribution in [2.75, 3.05) is 0 Å².